The van der Waals surface area contributed by atoms with Gasteiger partial charge in [-0.15, -0.1) is 0 Å². The molecule has 1 aliphatic heterocycles. The van der Waals surface area contributed by atoms with Gasteiger partial charge in [0.2, 0.25) is 0 Å². The smallest absolute Gasteiger partial charge is 0.303 e. The second-order valence-corrected chi connectivity index (χ2v) is 6.81. The number of fused-ring (bicyclic) bond motifs is 1. The number of para-hydroxylation sites is 1. The Labute approximate surface area is 156 Å². The zero-order valence-electron chi connectivity index (χ0n) is 14.5. The summed E-state index contributed by atoms with van der Waals surface area (Å²) in [5, 5.41) is 3.21. The van der Waals surface area contributed by atoms with Crippen LogP contribution in [0.4, 0.5) is 11.4 Å². The van der Waals surface area contributed by atoms with Gasteiger partial charge in [0.25, 0.3) is 11.7 Å². The number of likely N-dealkylation sites (N-methyl/N-ethyl adjacent to an activating group) is 1. The maximum Gasteiger partial charge on any atom is 0.303 e. The number of Topliss-reactive ketones (excluding diaryl/α,β-unsaturated/α-hetero) is 1. The average Bonchev–Trinajstić information content (AvgIpc) is 2.81. The van der Waals surface area contributed by atoms with Crippen LogP contribution in [0.25, 0.3) is 0 Å². The van der Waals surface area contributed by atoms with Crippen molar-refractivity contribution in [1.29, 1.82) is 0 Å². The first-order valence-corrected chi connectivity index (χ1v) is 8.57. The summed E-state index contributed by atoms with van der Waals surface area (Å²) in [6, 6.07) is 12.3. The molecule has 0 spiro atoms. The van der Waals surface area contributed by atoms with Gasteiger partial charge in [-0.3, -0.25) is 19.3 Å². The van der Waals surface area contributed by atoms with Crippen molar-refractivity contribution < 1.29 is 19.3 Å². The van der Waals surface area contributed by atoms with Crippen LogP contribution in [-0.4, -0.2) is 37.9 Å². The minimum absolute atomic E-state index is 0.129. The molecule has 1 heterocycles. The lowest BCUT2D eigenvalue weighted by molar-refractivity contribution is -0.869. The monoisotopic (exact) mass is 372 g/mol. The maximum atomic E-state index is 12.3. The molecule has 26 heavy (non-hydrogen) atoms. The molecule has 3 rings (SSSR count). The van der Waals surface area contributed by atoms with Gasteiger partial charge in [-0.1, -0.05) is 35.4 Å². The van der Waals surface area contributed by atoms with Gasteiger partial charge in [0.1, 0.15) is 0 Å². The third kappa shape index (κ3) is 3.61. The number of nitrogens with zero attached hydrogens (tertiary/aromatic N) is 1. The number of hydrogen-bond donors (Lipinski definition) is 2. The second-order valence-electron chi connectivity index (χ2n) is 6.40. The van der Waals surface area contributed by atoms with Gasteiger partial charge in [-0.05, 0) is 31.2 Å². The van der Waals surface area contributed by atoms with Crippen molar-refractivity contribution in [2.24, 2.45) is 0 Å². The van der Waals surface area contributed by atoms with Crippen LogP contribution in [0.1, 0.15) is 15.9 Å². The van der Waals surface area contributed by atoms with Gasteiger partial charge in [-0.25, -0.2) is 0 Å². The lowest BCUT2D eigenvalue weighted by Crippen LogP contribution is -3.12. The summed E-state index contributed by atoms with van der Waals surface area (Å²) in [7, 11) is 1.79. The van der Waals surface area contributed by atoms with E-state index in [0.717, 1.165) is 10.5 Å². The Bertz CT molecular complexity index is 897. The molecule has 7 heteroatoms. The summed E-state index contributed by atoms with van der Waals surface area (Å²) in [4.78, 5) is 38.8. The summed E-state index contributed by atoms with van der Waals surface area (Å²) < 4.78 is 0. The van der Waals surface area contributed by atoms with E-state index in [0.29, 0.717) is 22.0 Å². The van der Waals surface area contributed by atoms with E-state index in [-0.39, 0.29) is 19.1 Å². The van der Waals surface area contributed by atoms with Crippen molar-refractivity contribution in [2.75, 3.05) is 30.5 Å². The Morgan fingerprint density at radius 3 is 2.65 bits per heavy atom. The molecular formula is C19H19ClN3O3+. The Hall–Kier alpha value is -2.70. The molecule has 2 aromatic rings. The highest BCUT2D eigenvalue weighted by molar-refractivity contribution is 6.52. The first-order valence-electron chi connectivity index (χ1n) is 8.19. The van der Waals surface area contributed by atoms with Crippen molar-refractivity contribution in [3.05, 3.63) is 58.6 Å². The predicted octanol–water partition coefficient (Wildman–Crippen LogP) is 1.29. The molecule has 2 N–H and O–H groups in total. The molecule has 0 aromatic heterocycles. The topological polar surface area (TPSA) is 70.9 Å². The SMILES string of the molecule is Cc1ccc2c(c1)C(=O)C(=O)N2C[NH+](C)CC(=O)Nc1ccccc1Cl. The number of aryl methyl sites for hydroxylation is 1. The molecule has 1 aliphatic rings. The summed E-state index contributed by atoms with van der Waals surface area (Å²) in [5.74, 6) is -1.29. The van der Waals surface area contributed by atoms with Gasteiger partial charge < -0.3 is 10.2 Å². The van der Waals surface area contributed by atoms with Crippen LogP contribution < -0.4 is 15.1 Å². The first-order chi connectivity index (χ1) is 12.4. The summed E-state index contributed by atoms with van der Waals surface area (Å²) in [6.45, 7) is 2.22. The van der Waals surface area contributed by atoms with Crippen molar-refractivity contribution >= 4 is 40.6 Å². The third-order valence-corrected chi connectivity index (χ3v) is 4.49. The van der Waals surface area contributed by atoms with Crippen LogP contribution >= 0.6 is 11.6 Å². The van der Waals surface area contributed by atoms with Crippen LogP contribution in [0.15, 0.2) is 42.5 Å². The predicted molar refractivity (Wildman–Crippen MR) is 99.7 cm³/mol. The quantitative estimate of drug-likeness (QED) is 0.777. The highest BCUT2D eigenvalue weighted by Crippen LogP contribution is 2.28. The number of halogens is 1. The molecule has 1 unspecified atom stereocenters. The zero-order valence-corrected chi connectivity index (χ0v) is 15.3. The molecular weight excluding hydrogens is 354 g/mol. The van der Waals surface area contributed by atoms with Crippen molar-refractivity contribution in [3.63, 3.8) is 0 Å². The third-order valence-electron chi connectivity index (χ3n) is 4.17. The largest absolute Gasteiger partial charge is 0.320 e. The minimum atomic E-state index is -0.559. The number of carbonyl (C=O) groups excluding carboxylic acids is 3. The number of ketones is 1. The molecule has 0 saturated carbocycles. The number of hydrogen-bond acceptors (Lipinski definition) is 3. The van der Waals surface area contributed by atoms with Gasteiger partial charge in [0.05, 0.1) is 29.0 Å². The fraction of sp³-hybridized carbons (Fsp3) is 0.211. The molecule has 134 valence electrons. The van der Waals surface area contributed by atoms with Crippen molar-refractivity contribution in [3.8, 4) is 0 Å². The molecule has 6 nitrogen and oxygen atoms in total. The van der Waals surface area contributed by atoms with Gasteiger partial charge in [0, 0.05) is 0 Å². The van der Waals surface area contributed by atoms with Gasteiger partial charge >= 0.3 is 5.91 Å². The minimum Gasteiger partial charge on any atom is -0.320 e. The van der Waals surface area contributed by atoms with Crippen molar-refractivity contribution in [1.82, 2.24) is 0 Å². The number of benzene rings is 2. The first kappa shape index (κ1) is 18.1. The summed E-state index contributed by atoms with van der Waals surface area (Å²) in [5.41, 5.74) is 2.48. The fourth-order valence-electron chi connectivity index (χ4n) is 2.93. The number of amides is 2. The van der Waals surface area contributed by atoms with Crippen LogP contribution in [-0.2, 0) is 9.59 Å². The Morgan fingerprint density at radius 1 is 1.19 bits per heavy atom. The summed E-state index contributed by atoms with van der Waals surface area (Å²) in [6.07, 6.45) is 0. The highest BCUT2D eigenvalue weighted by Gasteiger charge is 2.37. The van der Waals surface area contributed by atoms with Crippen LogP contribution in [0.5, 0.6) is 0 Å². The van der Waals surface area contributed by atoms with Crippen LogP contribution in [0.3, 0.4) is 0 Å². The molecule has 2 amide bonds. The molecule has 0 bridgehead atoms. The Balaban J connectivity index is 1.66. The molecule has 1 atom stereocenters. The van der Waals surface area contributed by atoms with E-state index in [1.165, 1.54) is 4.90 Å². The molecule has 0 saturated heterocycles. The molecule has 2 aromatic carbocycles. The maximum absolute atomic E-state index is 12.3. The number of quaternary nitrogens is 1. The molecule has 0 radical (unpaired) electrons. The molecule has 0 aliphatic carbocycles. The van der Waals surface area contributed by atoms with Crippen LogP contribution in [0, 0.1) is 6.92 Å². The fourth-order valence-corrected chi connectivity index (χ4v) is 3.11. The van der Waals surface area contributed by atoms with E-state index in [1.807, 2.05) is 13.0 Å². The Kier molecular flexibility index (Phi) is 5.06. The van der Waals surface area contributed by atoms with E-state index in [4.69, 9.17) is 11.6 Å². The number of nitrogens with one attached hydrogen (secondary N) is 2. The van der Waals surface area contributed by atoms with E-state index in [2.05, 4.69) is 5.32 Å². The zero-order chi connectivity index (χ0) is 18.8. The standard InChI is InChI=1S/C19H18ClN3O3/c1-12-7-8-16-13(9-12)18(25)19(26)23(16)11-22(2)10-17(24)21-15-6-4-3-5-14(15)20/h3-9H,10-11H2,1-2H3,(H,21,24)/p+1. The van der Waals surface area contributed by atoms with E-state index in [9.17, 15) is 14.4 Å². The number of anilines is 2. The van der Waals surface area contributed by atoms with E-state index < -0.39 is 11.7 Å². The lowest BCUT2D eigenvalue weighted by atomic mass is 10.1. The normalized spacial score (nSPS) is 14.3. The van der Waals surface area contributed by atoms with E-state index >= 15 is 0 Å². The average molecular weight is 373 g/mol. The Morgan fingerprint density at radius 2 is 1.92 bits per heavy atom. The molecule has 0 fully saturated rings. The number of rotatable bonds is 5. The second kappa shape index (κ2) is 7.27. The van der Waals surface area contributed by atoms with Crippen LogP contribution in [0.2, 0.25) is 5.02 Å². The van der Waals surface area contributed by atoms with E-state index in [1.54, 1.807) is 43.4 Å². The van der Waals surface area contributed by atoms with Crippen molar-refractivity contribution in [2.45, 2.75) is 6.92 Å². The highest BCUT2D eigenvalue weighted by atomic mass is 35.5. The van der Waals surface area contributed by atoms with Gasteiger partial charge in [-0.2, -0.15) is 0 Å². The lowest BCUT2D eigenvalue weighted by Gasteiger charge is -2.21. The summed E-state index contributed by atoms with van der Waals surface area (Å²) >= 11 is 6.03. The number of carbonyl (C=O) groups is 3. The van der Waals surface area contributed by atoms with Gasteiger partial charge in [0.15, 0.2) is 13.2 Å².